The number of nitrogens with one attached hydrogen (secondary N) is 2. The van der Waals surface area contributed by atoms with Crippen molar-refractivity contribution in [2.24, 2.45) is 0 Å². The van der Waals surface area contributed by atoms with E-state index in [9.17, 15) is 0 Å². The molecular formula is C21H28N2O2. The highest BCUT2D eigenvalue weighted by Gasteiger charge is 2.19. The second-order valence-electron chi connectivity index (χ2n) is 6.22. The maximum Gasteiger partial charge on any atom is 0.120 e. The Balaban J connectivity index is 1.69. The Morgan fingerprint density at radius 2 is 1.24 bits per heavy atom. The third kappa shape index (κ3) is 4.53. The average molecular weight is 340 g/mol. The largest absolute Gasteiger partial charge is 0.492 e. The summed E-state index contributed by atoms with van der Waals surface area (Å²) in [5.74, 6) is 1.87. The van der Waals surface area contributed by atoms with E-state index in [0.29, 0.717) is 13.2 Å². The van der Waals surface area contributed by atoms with E-state index in [0.717, 1.165) is 44.1 Å². The van der Waals surface area contributed by atoms with E-state index in [1.165, 1.54) is 22.3 Å². The van der Waals surface area contributed by atoms with E-state index in [1.807, 2.05) is 0 Å². The summed E-state index contributed by atoms with van der Waals surface area (Å²) in [5, 5.41) is 6.55. The Hall–Kier alpha value is -2.04. The van der Waals surface area contributed by atoms with Crippen LogP contribution in [0.25, 0.3) is 11.1 Å². The fourth-order valence-electron chi connectivity index (χ4n) is 3.14. The fourth-order valence-corrected chi connectivity index (χ4v) is 3.14. The number of ether oxygens (including phenoxy) is 2. The van der Waals surface area contributed by atoms with Crippen molar-refractivity contribution in [3.8, 4) is 22.6 Å². The molecule has 1 aliphatic rings. The Kier molecular flexibility index (Phi) is 6.31. The first-order valence-corrected chi connectivity index (χ1v) is 9.25. The van der Waals surface area contributed by atoms with Gasteiger partial charge in [0.25, 0.3) is 0 Å². The lowest BCUT2D eigenvalue weighted by Crippen LogP contribution is -2.20. The maximum atomic E-state index is 5.87. The summed E-state index contributed by atoms with van der Waals surface area (Å²) in [4.78, 5) is 0. The molecule has 0 heterocycles. The van der Waals surface area contributed by atoms with Crippen LogP contribution in [0.1, 0.15) is 25.0 Å². The first-order valence-electron chi connectivity index (χ1n) is 9.25. The second kappa shape index (κ2) is 8.88. The Bertz CT molecular complexity index is 641. The molecule has 134 valence electrons. The molecule has 2 aromatic carbocycles. The zero-order valence-electron chi connectivity index (χ0n) is 15.2. The molecule has 0 aliphatic heterocycles. The molecule has 1 aliphatic carbocycles. The van der Waals surface area contributed by atoms with Gasteiger partial charge in [0.15, 0.2) is 0 Å². The molecule has 0 amide bonds. The highest BCUT2D eigenvalue weighted by atomic mass is 16.5. The highest BCUT2D eigenvalue weighted by Crippen LogP contribution is 2.40. The molecule has 25 heavy (non-hydrogen) atoms. The van der Waals surface area contributed by atoms with Crippen molar-refractivity contribution in [2.75, 3.05) is 39.4 Å². The molecule has 0 fully saturated rings. The molecule has 0 radical (unpaired) electrons. The molecule has 0 spiro atoms. The third-order valence-corrected chi connectivity index (χ3v) is 4.43. The number of rotatable bonds is 10. The Morgan fingerprint density at radius 3 is 1.68 bits per heavy atom. The molecule has 3 rings (SSSR count). The number of benzene rings is 2. The van der Waals surface area contributed by atoms with Crippen LogP contribution < -0.4 is 20.1 Å². The van der Waals surface area contributed by atoms with Crippen molar-refractivity contribution in [3.05, 3.63) is 47.5 Å². The van der Waals surface area contributed by atoms with Gasteiger partial charge in [-0.2, -0.15) is 0 Å². The van der Waals surface area contributed by atoms with Gasteiger partial charge in [0, 0.05) is 13.1 Å². The van der Waals surface area contributed by atoms with E-state index in [1.54, 1.807) is 0 Å². The molecule has 4 heteroatoms. The SMILES string of the molecule is CCNCCOc1ccc2c(c1)-c1cc(OCCNCC)ccc1C2. The summed E-state index contributed by atoms with van der Waals surface area (Å²) in [7, 11) is 0. The van der Waals surface area contributed by atoms with Crippen molar-refractivity contribution in [1.29, 1.82) is 0 Å². The van der Waals surface area contributed by atoms with Crippen LogP contribution in [0.4, 0.5) is 0 Å². The molecule has 4 nitrogen and oxygen atoms in total. The Labute approximate surface area is 150 Å². The van der Waals surface area contributed by atoms with Crippen molar-refractivity contribution < 1.29 is 9.47 Å². The van der Waals surface area contributed by atoms with Crippen LogP contribution in [-0.2, 0) is 6.42 Å². The molecule has 2 N–H and O–H groups in total. The number of hydrogen-bond donors (Lipinski definition) is 2. The predicted molar refractivity (Wildman–Crippen MR) is 103 cm³/mol. The molecule has 0 saturated carbocycles. The zero-order chi connectivity index (χ0) is 17.5. The van der Waals surface area contributed by atoms with Gasteiger partial charge in [-0.15, -0.1) is 0 Å². The first-order chi connectivity index (χ1) is 12.3. The number of hydrogen-bond acceptors (Lipinski definition) is 4. The van der Waals surface area contributed by atoms with Gasteiger partial charge in [0.2, 0.25) is 0 Å². The number of likely N-dealkylation sites (N-methyl/N-ethyl adjacent to an activating group) is 2. The van der Waals surface area contributed by atoms with Crippen LogP contribution >= 0.6 is 0 Å². The summed E-state index contributed by atoms with van der Waals surface area (Å²) in [5.41, 5.74) is 5.26. The molecular weight excluding hydrogens is 312 g/mol. The third-order valence-electron chi connectivity index (χ3n) is 4.43. The van der Waals surface area contributed by atoms with E-state index >= 15 is 0 Å². The first kappa shape index (κ1) is 17.8. The van der Waals surface area contributed by atoms with Crippen LogP contribution in [-0.4, -0.2) is 39.4 Å². The average Bonchev–Trinajstić information content (AvgIpc) is 3.00. The van der Waals surface area contributed by atoms with Gasteiger partial charge in [0.05, 0.1) is 0 Å². The molecule has 0 atom stereocenters. The quantitative estimate of drug-likeness (QED) is 0.556. The minimum atomic E-state index is 0.688. The lowest BCUT2D eigenvalue weighted by Gasteiger charge is -2.10. The minimum Gasteiger partial charge on any atom is -0.492 e. The second-order valence-corrected chi connectivity index (χ2v) is 6.22. The summed E-state index contributed by atoms with van der Waals surface area (Å²) in [6.07, 6.45) is 0.986. The predicted octanol–water partition coefficient (Wildman–Crippen LogP) is 3.23. The van der Waals surface area contributed by atoms with E-state index in [2.05, 4.69) is 60.9 Å². The maximum absolute atomic E-state index is 5.87. The molecule has 2 aromatic rings. The van der Waals surface area contributed by atoms with Gasteiger partial charge in [-0.3, -0.25) is 0 Å². The van der Waals surface area contributed by atoms with Gasteiger partial charge in [0.1, 0.15) is 24.7 Å². The van der Waals surface area contributed by atoms with E-state index < -0.39 is 0 Å². The monoisotopic (exact) mass is 340 g/mol. The lowest BCUT2D eigenvalue weighted by molar-refractivity contribution is 0.315. The lowest BCUT2D eigenvalue weighted by atomic mass is 10.1. The van der Waals surface area contributed by atoms with Crippen molar-refractivity contribution >= 4 is 0 Å². The number of fused-ring (bicyclic) bond motifs is 3. The molecule has 0 unspecified atom stereocenters. The van der Waals surface area contributed by atoms with E-state index in [-0.39, 0.29) is 0 Å². The minimum absolute atomic E-state index is 0.688. The van der Waals surface area contributed by atoms with Crippen LogP contribution in [0.15, 0.2) is 36.4 Å². The molecule has 0 aromatic heterocycles. The van der Waals surface area contributed by atoms with Crippen molar-refractivity contribution in [1.82, 2.24) is 10.6 Å². The van der Waals surface area contributed by atoms with Gasteiger partial charge in [-0.25, -0.2) is 0 Å². The van der Waals surface area contributed by atoms with Gasteiger partial charge in [-0.05, 0) is 66.0 Å². The summed E-state index contributed by atoms with van der Waals surface area (Å²) < 4.78 is 11.7. The normalized spacial score (nSPS) is 11.9. The summed E-state index contributed by atoms with van der Waals surface area (Å²) in [6.45, 7) is 9.26. The highest BCUT2D eigenvalue weighted by molar-refractivity contribution is 5.78. The molecule has 0 bridgehead atoms. The fraction of sp³-hybridized carbons (Fsp3) is 0.429. The zero-order valence-corrected chi connectivity index (χ0v) is 15.2. The smallest absolute Gasteiger partial charge is 0.120 e. The van der Waals surface area contributed by atoms with Crippen LogP contribution in [0, 0.1) is 0 Å². The summed E-state index contributed by atoms with van der Waals surface area (Å²) in [6, 6.07) is 12.8. The summed E-state index contributed by atoms with van der Waals surface area (Å²) >= 11 is 0. The van der Waals surface area contributed by atoms with Crippen LogP contribution in [0.5, 0.6) is 11.5 Å². The van der Waals surface area contributed by atoms with Gasteiger partial charge < -0.3 is 20.1 Å². The van der Waals surface area contributed by atoms with Crippen molar-refractivity contribution in [2.45, 2.75) is 20.3 Å². The van der Waals surface area contributed by atoms with Crippen LogP contribution in [0.2, 0.25) is 0 Å². The molecule has 0 saturated heterocycles. The van der Waals surface area contributed by atoms with Gasteiger partial charge in [-0.1, -0.05) is 26.0 Å². The topological polar surface area (TPSA) is 42.5 Å². The van der Waals surface area contributed by atoms with Crippen molar-refractivity contribution in [3.63, 3.8) is 0 Å². The van der Waals surface area contributed by atoms with Crippen LogP contribution in [0.3, 0.4) is 0 Å². The standard InChI is InChI=1S/C21H28N2O2/c1-3-22-9-11-24-18-7-5-16-13-17-6-8-19(25-12-10-23-4-2)15-21(17)20(16)14-18/h5-8,14-15,22-23H,3-4,9-13H2,1-2H3. The van der Waals surface area contributed by atoms with E-state index in [4.69, 9.17) is 9.47 Å². The van der Waals surface area contributed by atoms with Gasteiger partial charge >= 0.3 is 0 Å². The Morgan fingerprint density at radius 1 is 0.760 bits per heavy atom.